The number of epoxide rings is 1. The molecule has 3 aliphatic rings. The number of nitrogens with zero attached hydrogens (tertiary/aromatic N) is 1. The number of carbonyl (C=O) groups excluding carboxylic acids is 1. The summed E-state index contributed by atoms with van der Waals surface area (Å²) < 4.78 is 18.8. The average Bonchev–Trinajstić information content (AvgIpc) is 3.47. The number of rotatable bonds is 12. The second-order valence-electron chi connectivity index (χ2n) is 13.1. The van der Waals surface area contributed by atoms with Gasteiger partial charge in [0, 0.05) is 18.6 Å². The van der Waals surface area contributed by atoms with E-state index in [0.717, 1.165) is 38.7 Å². The summed E-state index contributed by atoms with van der Waals surface area (Å²) in [5.41, 5.74) is 6.30. The SMILES string of the molecule is CCCOC(C)(C)CC(C)OC(C)(C)C1OC1C(C)C1(C)CC2CC(C)(CN=C=O)CC21N. The lowest BCUT2D eigenvalue weighted by Gasteiger charge is -2.61. The van der Waals surface area contributed by atoms with Crippen LogP contribution in [0, 0.1) is 22.7 Å². The van der Waals surface area contributed by atoms with Gasteiger partial charge >= 0.3 is 0 Å². The Morgan fingerprint density at radius 1 is 1.21 bits per heavy atom. The van der Waals surface area contributed by atoms with Crippen LogP contribution >= 0.6 is 0 Å². The minimum absolute atomic E-state index is 0.0113. The van der Waals surface area contributed by atoms with Gasteiger partial charge in [0.05, 0.1) is 30.0 Å². The molecule has 8 atom stereocenters. The Morgan fingerprint density at radius 3 is 2.48 bits per heavy atom. The standard InChI is InChI=1S/C27H48N2O4/c1-10-11-31-23(4,5)12-18(2)33-24(6,7)22-21(32-22)19(3)26(9)14-20-13-25(8,16-29-17-30)15-27(20,26)28/h18-22H,10-16,28H2,1-9H3. The van der Waals surface area contributed by atoms with Crippen molar-refractivity contribution in [3.8, 4) is 0 Å². The highest BCUT2D eigenvalue weighted by Gasteiger charge is 2.71. The molecule has 190 valence electrons. The maximum atomic E-state index is 10.7. The van der Waals surface area contributed by atoms with Gasteiger partial charge in [-0.05, 0) is 83.0 Å². The number of isocyanates is 1. The smallest absolute Gasteiger partial charge is 0.234 e. The monoisotopic (exact) mass is 464 g/mol. The van der Waals surface area contributed by atoms with E-state index < -0.39 is 0 Å². The Balaban J connectivity index is 1.59. The topological polar surface area (TPSA) is 86.4 Å². The molecule has 0 aromatic rings. The van der Waals surface area contributed by atoms with Crippen LogP contribution in [0.25, 0.3) is 0 Å². The summed E-state index contributed by atoms with van der Waals surface area (Å²) in [7, 11) is 0. The van der Waals surface area contributed by atoms with Gasteiger partial charge in [-0.15, -0.1) is 0 Å². The van der Waals surface area contributed by atoms with Gasteiger partial charge in [-0.1, -0.05) is 27.7 Å². The van der Waals surface area contributed by atoms with E-state index in [2.05, 4.69) is 67.3 Å². The largest absolute Gasteiger partial charge is 0.375 e. The van der Waals surface area contributed by atoms with Crippen molar-refractivity contribution in [3.05, 3.63) is 0 Å². The fourth-order valence-corrected chi connectivity index (χ4v) is 7.33. The first-order valence-electron chi connectivity index (χ1n) is 12.9. The first-order chi connectivity index (χ1) is 15.1. The van der Waals surface area contributed by atoms with Crippen LogP contribution in [0.15, 0.2) is 4.99 Å². The van der Waals surface area contributed by atoms with Crippen LogP contribution in [0.2, 0.25) is 0 Å². The molecule has 3 fully saturated rings. The maximum absolute atomic E-state index is 10.7. The molecule has 1 aliphatic heterocycles. The first-order valence-corrected chi connectivity index (χ1v) is 12.9. The Bertz CT molecular complexity index is 763. The molecule has 33 heavy (non-hydrogen) atoms. The van der Waals surface area contributed by atoms with Crippen LogP contribution in [0.5, 0.6) is 0 Å². The molecule has 8 unspecified atom stereocenters. The Labute approximate surface area is 201 Å². The Morgan fingerprint density at radius 2 is 1.88 bits per heavy atom. The molecule has 0 spiro atoms. The van der Waals surface area contributed by atoms with Crippen molar-refractivity contribution >= 4 is 6.08 Å². The highest BCUT2D eigenvalue weighted by atomic mass is 16.6. The van der Waals surface area contributed by atoms with Crippen molar-refractivity contribution in [2.75, 3.05) is 13.2 Å². The summed E-state index contributed by atoms with van der Waals surface area (Å²) in [5, 5.41) is 0. The maximum Gasteiger partial charge on any atom is 0.234 e. The zero-order valence-electron chi connectivity index (χ0n) is 22.5. The number of hydrogen-bond acceptors (Lipinski definition) is 6. The van der Waals surface area contributed by atoms with Crippen LogP contribution in [-0.2, 0) is 19.0 Å². The summed E-state index contributed by atoms with van der Waals surface area (Å²) >= 11 is 0. The van der Waals surface area contributed by atoms with E-state index in [1.54, 1.807) is 6.08 Å². The molecule has 0 amide bonds. The van der Waals surface area contributed by atoms with Gasteiger partial charge in [0.15, 0.2) is 0 Å². The number of aliphatic imine (C=N–C) groups is 1. The van der Waals surface area contributed by atoms with Crippen LogP contribution in [0.3, 0.4) is 0 Å². The normalized spacial score (nSPS) is 39.9. The lowest BCUT2D eigenvalue weighted by atomic mass is 9.46. The number of fused-ring (bicyclic) bond motifs is 1. The van der Waals surface area contributed by atoms with Crippen LogP contribution in [0.1, 0.15) is 94.4 Å². The van der Waals surface area contributed by atoms with Crippen LogP contribution in [0.4, 0.5) is 0 Å². The third-order valence-corrected chi connectivity index (χ3v) is 9.14. The molecule has 0 bridgehead atoms. The van der Waals surface area contributed by atoms with E-state index in [9.17, 15) is 4.79 Å². The molecular weight excluding hydrogens is 416 g/mol. The highest BCUT2D eigenvalue weighted by molar-refractivity contribution is 5.33. The summed E-state index contributed by atoms with van der Waals surface area (Å²) in [6.45, 7) is 21.0. The first kappa shape index (κ1) is 26.8. The van der Waals surface area contributed by atoms with Crippen molar-refractivity contribution in [2.24, 2.45) is 33.4 Å². The molecule has 2 aliphatic carbocycles. The molecular formula is C27H48N2O4. The van der Waals surface area contributed by atoms with E-state index in [1.165, 1.54) is 0 Å². The lowest BCUT2D eigenvalue weighted by molar-refractivity contribution is -0.116. The summed E-state index contributed by atoms with van der Waals surface area (Å²) in [6.07, 6.45) is 6.92. The molecule has 1 saturated heterocycles. The van der Waals surface area contributed by atoms with Crippen molar-refractivity contribution in [2.45, 2.75) is 129 Å². The molecule has 0 aromatic carbocycles. The van der Waals surface area contributed by atoms with Crippen molar-refractivity contribution in [1.82, 2.24) is 0 Å². The zero-order valence-corrected chi connectivity index (χ0v) is 22.5. The predicted molar refractivity (Wildman–Crippen MR) is 131 cm³/mol. The third kappa shape index (κ3) is 5.11. The third-order valence-electron chi connectivity index (χ3n) is 9.14. The molecule has 2 saturated carbocycles. The predicted octanol–water partition coefficient (Wildman–Crippen LogP) is 5.03. The highest BCUT2D eigenvalue weighted by Crippen LogP contribution is 2.69. The quantitative estimate of drug-likeness (QED) is 0.249. The fraction of sp³-hybridized carbons (Fsp3) is 0.963. The minimum atomic E-state index is -0.372. The molecule has 6 nitrogen and oxygen atoms in total. The van der Waals surface area contributed by atoms with Crippen molar-refractivity contribution < 1.29 is 19.0 Å². The van der Waals surface area contributed by atoms with Crippen LogP contribution in [-0.4, -0.2) is 54.3 Å². The lowest BCUT2D eigenvalue weighted by Crippen LogP contribution is -2.69. The molecule has 0 aromatic heterocycles. The number of nitrogens with two attached hydrogens (primary N) is 1. The zero-order chi connectivity index (χ0) is 24.9. The molecule has 0 radical (unpaired) electrons. The summed E-state index contributed by atoms with van der Waals surface area (Å²) in [4.78, 5) is 14.6. The van der Waals surface area contributed by atoms with Crippen LogP contribution < -0.4 is 5.73 Å². The summed E-state index contributed by atoms with van der Waals surface area (Å²) in [5.74, 6) is 0.826. The van der Waals surface area contributed by atoms with Gasteiger partial charge in [-0.3, -0.25) is 0 Å². The van der Waals surface area contributed by atoms with E-state index in [0.29, 0.717) is 18.4 Å². The second-order valence-corrected chi connectivity index (χ2v) is 13.1. The number of ether oxygens (including phenoxy) is 3. The minimum Gasteiger partial charge on any atom is -0.375 e. The summed E-state index contributed by atoms with van der Waals surface area (Å²) in [6, 6.07) is 0. The van der Waals surface area contributed by atoms with Gasteiger partial charge in [0.1, 0.15) is 6.10 Å². The van der Waals surface area contributed by atoms with E-state index in [1.807, 2.05) is 0 Å². The van der Waals surface area contributed by atoms with Gasteiger partial charge in [0.25, 0.3) is 0 Å². The molecule has 3 rings (SSSR count). The van der Waals surface area contributed by atoms with Gasteiger partial charge < -0.3 is 19.9 Å². The van der Waals surface area contributed by atoms with E-state index >= 15 is 0 Å². The van der Waals surface area contributed by atoms with Crippen molar-refractivity contribution in [3.63, 3.8) is 0 Å². The molecule has 2 N–H and O–H groups in total. The Kier molecular flexibility index (Phi) is 7.33. The van der Waals surface area contributed by atoms with Crippen molar-refractivity contribution in [1.29, 1.82) is 0 Å². The van der Waals surface area contributed by atoms with E-state index in [-0.39, 0.29) is 45.9 Å². The Hall–Kier alpha value is -0.780. The second kappa shape index (κ2) is 9.02. The van der Waals surface area contributed by atoms with Gasteiger partial charge in [0.2, 0.25) is 6.08 Å². The molecule has 6 heteroatoms. The molecule has 1 heterocycles. The fourth-order valence-electron chi connectivity index (χ4n) is 7.33. The number of hydrogen-bond donors (Lipinski definition) is 1. The average molecular weight is 465 g/mol. The van der Waals surface area contributed by atoms with Gasteiger partial charge in [-0.2, -0.15) is 0 Å². The van der Waals surface area contributed by atoms with Gasteiger partial charge in [-0.25, -0.2) is 9.79 Å². The van der Waals surface area contributed by atoms with E-state index in [4.69, 9.17) is 19.9 Å².